The van der Waals surface area contributed by atoms with E-state index in [0.717, 1.165) is 0 Å². The van der Waals surface area contributed by atoms with Crippen LogP contribution in [0.5, 0.6) is 0 Å². The average molecular weight is 164 g/mol. The summed E-state index contributed by atoms with van der Waals surface area (Å²) in [6.07, 6.45) is 0.373. The van der Waals surface area contributed by atoms with Gasteiger partial charge in [-0.05, 0) is 12.3 Å². The topological polar surface area (TPSA) is 80.9 Å². The predicted octanol–water partition coefficient (Wildman–Crippen LogP) is -1.28. The van der Waals surface area contributed by atoms with Crippen molar-refractivity contribution in [2.75, 3.05) is 19.8 Å². The van der Waals surface area contributed by atoms with Gasteiger partial charge in [0.25, 0.3) is 0 Å². The smallest absolute Gasteiger partial charge is 0.113 e. The number of hydrogen-bond donors (Lipinski definition) is 4. The van der Waals surface area contributed by atoms with Crippen molar-refractivity contribution in [3.05, 3.63) is 0 Å². The van der Waals surface area contributed by atoms with Crippen LogP contribution in [0.25, 0.3) is 0 Å². The molecular formula is C7H16O4. The van der Waals surface area contributed by atoms with Crippen LogP contribution in [0, 0.1) is 5.92 Å². The number of rotatable bonds is 5. The molecule has 0 heterocycles. The summed E-state index contributed by atoms with van der Waals surface area (Å²) in [4.78, 5) is 0. The first-order chi connectivity index (χ1) is 5.10. The van der Waals surface area contributed by atoms with Crippen LogP contribution in [-0.4, -0.2) is 45.8 Å². The molecular weight excluding hydrogens is 148 g/mol. The molecule has 0 aromatic carbocycles. The molecule has 0 aliphatic carbocycles. The Morgan fingerprint density at radius 2 is 1.64 bits per heavy atom. The lowest BCUT2D eigenvalue weighted by molar-refractivity contribution is -0.0953. The lowest BCUT2D eigenvalue weighted by Crippen LogP contribution is -2.44. The van der Waals surface area contributed by atoms with Gasteiger partial charge in [0.05, 0.1) is 13.2 Å². The monoisotopic (exact) mass is 164 g/mol. The molecule has 0 radical (unpaired) electrons. The lowest BCUT2D eigenvalue weighted by Gasteiger charge is -2.29. The van der Waals surface area contributed by atoms with Crippen molar-refractivity contribution in [2.24, 2.45) is 5.92 Å². The van der Waals surface area contributed by atoms with E-state index in [1.807, 2.05) is 0 Å². The van der Waals surface area contributed by atoms with Crippen LogP contribution in [0.4, 0.5) is 0 Å². The third kappa shape index (κ3) is 2.75. The van der Waals surface area contributed by atoms with Crippen LogP contribution >= 0.6 is 0 Å². The van der Waals surface area contributed by atoms with Gasteiger partial charge in [0, 0.05) is 6.61 Å². The molecule has 4 N–H and O–H groups in total. The highest BCUT2D eigenvalue weighted by Crippen LogP contribution is 2.18. The Morgan fingerprint density at radius 1 is 1.18 bits per heavy atom. The standard InChI is InChI=1S/C7H16O4/c1-6(2-3-8)7(11,4-9)5-10/h6,8-11H,2-5H2,1H3. The van der Waals surface area contributed by atoms with E-state index in [1.54, 1.807) is 6.92 Å². The number of hydrogen-bond acceptors (Lipinski definition) is 4. The minimum atomic E-state index is -1.46. The molecule has 0 aliphatic rings. The fourth-order valence-corrected chi connectivity index (χ4v) is 0.824. The summed E-state index contributed by atoms with van der Waals surface area (Å²) in [7, 11) is 0. The van der Waals surface area contributed by atoms with Gasteiger partial charge >= 0.3 is 0 Å². The largest absolute Gasteiger partial charge is 0.396 e. The van der Waals surface area contributed by atoms with Crippen LogP contribution in [0.1, 0.15) is 13.3 Å². The highest BCUT2D eigenvalue weighted by molar-refractivity contribution is 4.82. The van der Waals surface area contributed by atoms with Gasteiger partial charge in [0.1, 0.15) is 5.60 Å². The molecule has 0 fully saturated rings. The lowest BCUT2D eigenvalue weighted by atomic mass is 9.88. The summed E-state index contributed by atoms with van der Waals surface area (Å²) in [6.45, 7) is 0.654. The number of aliphatic hydroxyl groups is 4. The van der Waals surface area contributed by atoms with Crippen molar-refractivity contribution < 1.29 is 20.4 Å². The Kier molecular flexibility index (Phi) is 4.60. The summed E-state index contributed by atoms with van der Waals surface area (Å²) < 4.78 is 0. The fourth-order valence-electron chi connectivity index (χ4n) is 0.824. The van der Waals surface area contributed by atoms with E-state index >= 15 is 0 Å². The Hall–Kier alpha value is -0.160. The molecule has 0 amide bonds. The van der Waals surface area contributed by atoms with Crippen LogP contribution in [-0.2, 0) is 0 Å². The third-order valence-corrected chi connectivity index (χ3v) is 2.03. The molecule has 1 unspecified atom stereocenters. The van der Waals surface area contributed by atoms with Gasteiger partial charge in [-0.2, -0.15) is 0 Å². The highest BCUT2D eigenvalue weighted by Gasteiger charge is 2.31. The summed E-state index contributed by atoms with van der Waals surface area (Å²) >= 11 is 0. The van der Waals surface area contributed by atoms with Gasteiger partial charge < -0.3 is 20.4 Å². The van der Waals surface area contributed by atoms with E-state index in [9.17, 15) is 5.11 Å². The molecule has 0 saturated carbocycles. The van der Waals surface area contributed by atoms with E-state index in [1.165, 1.54) is 0 Å². The molecule has 11 heavy (non-hydrogen) atoms. The molecule has 4 heteroatoms. The normalized spacial score (nSPS) is 15.0. The first-order valence-corrected chi connectivity index (χ1v) is 3.65. The Balaban J connectivity index is 4.00. The molecule has 4 nitrogen and oxygen atoms in total. The van der Waals surface area contributed by atoms with Gasteiger partial charge in [-0.15, -0.1) is 0 Å². The Labute approximate surface area is 66.1 Å². The molecule has 68 valence electrons. The van der Waals surface area contributed by atoms with E-state index < -0.39 is 18.8 Å². The van der Waals surface area contributed by atoms with E-state index in [4.69, 9.17) is 15.3 Å². The molecule has 0 spiro atoms. The summed E-state index contributed by atoms with van der Waals surface area (Å²) in [5.41, 5.74) is -1.46. The molecule has 0 aromatic rings. The van der Waals surface area contributed by atoms with Gasteiger partial charge in [-0.1, -0.05) is 6.92 Å². The predicted molar refractivity (Wildman–Crippen MR) is 40.0 cm³/mol. The molecule has 0 aliphatic heterocycles. The maximum atomic E-state index is 9.42. The average Bonchev–Trinajstić information content (AvgIpc) is 2.03. The van der Waals surface area contributed by atoms with E-state index in [-0.39, 0.29) is 12.5 Å². The molecule has 0 bridgehead atoms. The zero-order valence-electron chi connectivity index (χ0n) is 6.69. The summed E-state index contributed by atoms with van der Waals surface area (Å²) in [5.74, 6) is -0.303. The SMILES string of the molecule is CC(CCO)C(O)(CO)CO. The van der Waals surface area contributed by atoms with E-state index in [0.29, 0.717) is 6.42 Å². The second kappa shape index (κ2) is 4.66. The minimum Gasteiger partial charge on any atom is -0.396 e. The van der Waals surface area contributed by atoms with Crippen LogP contribution < -0.4 is 0 Å². The molecule has 0 rings (SSSR count). The van der Waals surface area contributed by atoms with Crippen molar-refractivity contribution in [3.63, 3.8) is 0 Å². The molecule has 0 aromatic heterocycles. The zero-order chi connectivity index (χ0) is 8.91. The minimum absolute atomic E-state index is 0.0521. The number of aliphatic hydroxyl groups excluding tert-OH is 3. The van der Waals surface area contributed by atoms with E-state index in [2.05, 4.69) is 0 Å². The second-order valence-electron chi connectivity index (χ2n) is 2.83. The molecule has 1 atom stereocenters. The van der Waals surface area contributed by atoms with Crippen molar-refractivity contribution in [3.8, 4) is 0 Å². The first-order valence-electron chi connectivity index (χ1n) is 3.65. The van der Waals surface area contributed by atoms with Crippen LogP contribution in [0.3, 0.4) is 0 Å². The van der Waals surface area contributed by atoms with Gasteiger partial charge in [-0.3, -0.25) is 0 Å². The second-order valence-corrected chi connectivity index (χ2v) is 2.83. The summed E-state index contributed by atoms with van der Waals surface area (Å²) in [6, 6.07) is 0. The first kappa shape index (κ1) is 10.8. The zero-order valence-corrected chi connectivity index (χ0v) is 6.69. The van der Waals surface area contributed by atoms with Crippen LogP contribution in [0.15, 0.2) is 0 Å². The van der Waals surface area contributed by atoms with Crippen LogP contribution in [0.2, 0.25) is 0 Å². The summed E-state index contributed by atoms with van der Waals surface area (Å²) in [5, 5.41) is 35.3. The Morgan fingerprint density at radius 3 is 1.91 bits per heavy atom. The fraction of sp³-hybridized carbons (Fsp3) is 1.00. The van der Waals surface area contributed by atoms with Gasteiger partial charge in [0.15, 0.2) is 0 Å². The Bertz CT molecular complexity index is 101. The van der Waals surface area contributed by atoms with Crippen molar-refractivity contribution >= 4 is 0 Å². The maximum Gasteiger partial charge on any atom is 0.113 e. The van der Waals surface area contributed by atoms with Crippen molar-refractivity contribution in [2.45, 2.75) is 18.9 Å². The van der Waals surface area contributed by atoms with Crippen molar-refractivity contribution in [1.82, 2.24) is 0 Å². The van der Waals surface area contributed by atoms with Gasteiger partial charge in [0.2, 0.25) is 0 Å². The quantitative estimate of drug-likeness (QED) is 0.408. The molecule has 0 saturated heterocycles. The van der Waals surface area contributed by atoms with Gasteiger partial charge in [-0.25, -0.2) is 0 Å². The highest BCUT2D eigenvalue weighted by atomic mass is 16.4. The maximum absolute atomic E-state index is 9.42. The third-order valence-electron chi connectivity index (χ3n) is 2.03. The van der Waals surface area contributed by atoms with Crippen molar-refractivity contribution in [1.29, 1.82) is 0 Å².